The van der Waals surface area contributed by atoms with Crippen molar-refractivity contribution in [1.82, 2.24) is 15.2 Å². The average molecular weight is 278 g/mol. The highest BCUT2D eigenvalue weighted by Gasteiger charge is 2.24. The Morgan fingerprint density at radius 1 is 1.42 bits per heavy atom. The first kappa shape index (κ1) is 12.3. The number of carbonyl (C=O) groups excluding carboxylic acids is 1. The molecule has 7 heteroatoms. The minimum Gasteiger partial charge on any atom is -0.401 e. The van der Waals surface area contributed by atoms with Crippen LogP contribution in [-0.4, -0.2) is 21.1 Å². The number of amides is 1. The lowest BCUT2D eigenvalue weighted by Crippen LogP contribution is -2.20. The standard InChI is InChI=1S/C12H14N4O2S/c1-7-13-9(6-19-7)11-15-16-12(18-11)14-10(17)8-4-2-3-5-8/h6,8H,2-5H2,1H3,(H,14,16,17). The van der Waals surface area contributed by atoms with E-state index in [-0.39, 0.29) is 17.8 Å². The molecule has 0 aromatic carbocycles. The first-order valence-corrected chi connectivity index (χ1v) is 7.17. The molecule has 19 heavy (non-hydrogen) atoms. The molecule has 1 fully saturated rings. The van der Waals surface area contributed by atoms with Gasteiger partial charge in [0.2, 0.25) is 5.91 Å². The van der Waals surface area contributed by atoms with Gasteiger partial charge in [0.25, 0.3) is 5.89 Å². The van der Waals surface area contributed by atoms with Crippen LogP contribution >= 0.6 is 11.3 Å². The minimum absolute atomic E-state index is 0.0258. The summed E-state index contributed by atoms with van der Waals surface area (Å²) in [7, 11) is 0. The molecular weight excluding hydrogens is 264 g/mol. The van der Waals surface area contributed by atoms with Gasteiger partial charge in [0, 0.05) is 11.3 Å². The molecule has 2 aromatic heterocycles. The van der Waals surface area contributed by atoms with E-state index in [9.17, 15) is 4.79 Å². The number of nitrogens with one attached hydrogen (secondary N) is 1. The first-order chi connectivity index (χ1) is 9.22. The Morgan fingerprint density at radius 2 is 2.21 bits per heavy atom. The monoisotopic (exact) mass is 278 g/mol. The molecule has 1 aliphatic carbocycles. The summed E-state index contributed by atoms with van der Waals surface area (Å²) in [6.07, 6.45) is 4.12. The van der Waals surface area contributed by atoms with E-state index in [1.165, 1.54) is 11.3 Å². The Morgan fingerprint density at radius 3 is 2.89 bits per heavy atom. The number of aryl methyl sites for hydroxylation is 1. The fourth-order valence-electron chi connectivity index (χ4n) is 2.23. The van der Waals surface area contributed by atoms with E-state index in [1.54, 1.807) is 0 Å². The van der Waals surface area contributed by atoms with Gasteiger partial charge in [0.15, 0.2) is 0 Å². The van der Waals surface area contributed by atoms with Crippen molar-refractivity contribution in [2.24, 2.45) is 5.92 Å². The number of anilines is 1. The third-order valence-electron chi connectivity index (χ3n) is 3.22. The molecule has 0 unspecified atom stereocenters. The SMILES string of the molecule is Cc1nc(-c2nnc(NC(=O)C3CCCC3)o2)cs1. The third-order valence-corrected chi connectivity index (χ3v) is 3.99. The van der Waals surface area contributed by atoms with Crippen LogP contribution in [0.1, 0.15) is 30.7 Å². The van der Waals surface area contributed by atoms with Gasteiger partial charge in [-0.05, 0) is 19.8 Å². The molecule has 3 rings (SSSR count). The first-order valence-electron chi connectivity index (χ1n) is 6.29. The number of carbonyl (C=O) groups is 1. The number of nitrogens with zero attached hydrogens (tertiary/aromatic N) is 3. The Balaban J connectivity index is 1.69. The van der Waals surface area contributed by atoms with E-state index < -0.39 is 0 Å². The van der Waals surface area contributed by atoms with Gasteiger partial charge >= 0.3 is 6.01 Å². The molecule has 0 radical (unpaired) electrons. The largest absolute Gasteiger partial charge is 0.401 e. The van der Waals surface area contributed by atoms with E-state index in [0.29, 0.717) is 11.6 Å². The van der Waals surface area contributed by atoms with Crippen LogP contribution in [0.2, 0.25) is 0 Å². The quantitative estimate of drug-likeness (QED) is 0.933. The van der Waals surface area contributed by atoms with Crippen LogP contribution in [0.25, 0.3) is 11.6 Å². The normalized spacial score (nSPS) is 15.8. The third kappa shape index (κ3) is 2.65. The predicted molar refractivity (Wildman–Crippen MR) is 70.7 cm³/mol. The molecule has 6 nitrogen and oxygen atoms in total. The van der Waals surface area contributed by atoms with Crippen molar-refractivity contribution in [2.45, 2.75) is 32.6 Å². The van der Waals surface area contributed by atoms with Gasteiger partial charge in [0.1, 0.15) is 5.69 Å². The van der Waals surface area contributed by atoms with Crippen LogP contribution in [0.3, 0.4) is 0 Å². The number of rotatable bonds is 3. The number of hydrogen-bond acceptors (Lipinski definition) is 6. The lowest BCUT2D eigenvalue weighted by atomic mass is 10.1. The molecule has 0 spiro atoms. The number of aromatic nitrogens is 3. The fourth-order valence-corrected chi connectivity index (χ4v) is 2.82. The lowest BCUT2D eigenvalue weighted by Gasteiger charge is -2.05. The highest BCUT2D eigenvalue weighted by atomic mass is 32.1. The van der Waals surface area contributed by atoms with E-state index >= 15 is 0 Å². The van der Waals surface area contributed by atoms with E-state index in [1.807, 2.05) is 12.3 Å². The van der Waals surface area contributed by atoms with Crippen molar-refractivity contribution in [3.05, 3.63) is 10.4 Å². The number of thiazole rings is 1. The van der Waals surface area contributed by atoms with Gasteiger partial charge in [-0.2, -0.15) is 0 Å². The molecule has 2 heterocycles. The van der Waals surface area contributed by atoms with Gasteiger partial charge in [-0.25, -0.2) is 4.98 Å². The molecule has 0 saturated heterocycles. The van der Waals surface area contributed by atoms with Crippen LogP contribution < -0.4 is 5.32 Å². The lowest BCUT2D eigenvalue weighted by molar-refractivity contribution is -0.119. The molecule has 0 atom stereocenters. The van der Waals surface area contributed by atoms with Gasteiger partial charge in [-0.15, -0.1) is 16.4 Å². The Kier molecular flexibility index (Phi) is 3.29. The van der Waals surface area contributed by atoms with Crippen LogP contribution in [0.5, 0.6) is 0 Å². The Hall–Kier alpha value is -1.76. The van der Waals surface area contributed by atoms with Gasteiger partial charge < -0.3 is 4.42 Å². The summed E-state index contributed by atoms with van der Waals surface area (Å²) in [6.45, 7) is 1.91. The Bertz CT molecular complexity index is 586. The van der Waals surface area contributed by atoms with E-state index in [2.05, 4.69) is 20.5 Å². The Labute approximate surface area is 114 Å². The van der Waals surface area contributed by atoms with Crippen molar-refractivity contribution >= 4 is 23.3 Å². The van der Waals surface area contributed by atoms with Crippen molar-refractivity contribution in [1.29, 1.82) is 0 Å². The molecule has 100 valence electrons. The van der Waals surface area contributed by atoms with Crippen LogP contribution in [-0.2, 0) is 4.79 Å². The maximum atomic E-state index is 11.9. The maximum Gasteiger partial charge on any atom is 0.322 e. The van der Waals surface area contributed by atoms with Crippen molar-refractivity contribution in [2.75, 3.05) is 5.32 Å². The van der Waals surface area contributed by atoms with Crippen LogP contribution in [0.4, 0.5) is 6.01 Å². The zero-order chi connectivity index (χ0) is 13.2. The summed E-state index contributed by atoms with van der Waals surface area (Å²) in [5.41, 5.74) is 0.649. The molecule has 1 aliphatic rings. The summed E-state index contributed by atoms with van der Waals surface area (Å²) in [6, 6.07) is 0.151. The van der Waals surface area contributed by atoms with Gasteiger partial charge in [-0.1, -0.05) is 17.9 Å². The second kappa shape index (κ2) is 5.08. The second-order valence-electron chi connectivity index (χ2n) is 4.63. The van der Waals surface area contributed by atoms with Crippen molar-refractivity contribution in [3.63, 3.8) is 0 Å². The summed E-state index contributed by atoms with van der Waals surface area (Å²) in [5.74, 6) is 0.394. The summed E-state index contributed by atoms with van der Waals surface area (Å²) in [4.78, 5) is 16.2. The molecule has 1 N–H and O–H groups in total. The summed E-state index contributed by atoms with van der Waals surface area (Å²) >= 11 is 1.52. The molecule has 0 aliphatic heterocycles. The maximum absolute atomic E-state index is 11.9. The summed E-state index contributed by atoms with van der Waals surface area (Å²) in [5, 5.41) is 13.2. The van der Waals surface area contributed by atoms with Crippen LogP contribution in [0.15, 0.2) is 9.80 Å². The van der Waals surface area contributed by atoms with E-state index in [0.717, 1.165) is 30.7 Å². The van der Waals surface area contributed by atoms with Gasteiger partial charge in [-0.3, -0.25) is 10.1 Å². The molecular formula is C12H14N4O2S. The smallest absolute Gasteiger partial charge is 0.322 e. The highest BCUT2D eigenvalue weighted by Crippen LogP contribution is 2.26. The second-order valence-corrected chi connectivity index (χ2v) is 5.70. The zero-order valence-corrected chi connectivity index (χ0v) is 11.4. The topological polar surface area (TPSA) is 80.9 Å². The zero-order valence-electron chi connectivity index (χ0n) is 10.5. The fraction of sp³-hybridized carbons (Fsp3) is 0.500. The molecule has 2 aromatic rings. The minimum atomic E-state index is -0.0258. The van der Waals surface area contributed by atoms with Crippen molar-refractivity contribution in [3.8, 4) is 11.6 Å². The van der Waals surface area contributed by atoms with Crippen LogP contribution in [0, 0.1) is 12.8 Å². The molecule has 1 amide bonds. The van der Waals surface area contributed by atoms with E-state index in [4.69, 9.17) is 4.42 Å². The predicted octanol–water partition coefficient (Wildman–Crippen LogP) is 2.63. The molecule has 0 bridgehead atoms. The van der Waals surface area contributed by atoms with Gasteiger partial charge in [0.05, 0.1) is 5.01 Å². The molecule has 1 saturated carbocycles. The summed E-state index contributed by atoms with van der Waals surface area (Å²) < 4.78 is 5.40. The highest BCUT2D eigenvalue weighted by molar-refractivity contribution is 7.09. The van der Waals surface area contributed by atoms with Crippen molar-refractivity contribution < 1.29 is 9.21 Å². The average Bonchev–Trinajstić information content (AvgIpc) is 3.07. The number of hydrogen-bond donors (Lipinski definition) is 1.